The van der Waals surface area contributed by atoms with Crippen LogP contribution in [0, 0.1) is 0 Å². The predicted octanol–water partition coefficient (Wildman–Crippen LogP) is -0.325. The Balaban J connectivity index is 2.96. The van der Waals surface area contributed by atoms with E-state index in [4.69, 9.17) is 10.5 Å². The minimum Gasteiger partial charge on any atom is -0.383 e. The lowest BCUT2D eigenvalue weighted by Crippen LogP contribution is -2.38. The smallest absolute Gasteiger partial charge is 0.293 e. The van der Waals surface area contributed by atoms with Crippen LogP contribution < -0.4 is 16.2 Å². The summed E-state index contributed by atoms with van der Waals surface area (Å²) in [5, 5.41) is 0. The number of anilines is 1. The second kappa shape index (κ2) is 7.03. The number of hydrogen-bond acceptors (Lipinski definition) is 5. The molecule has 0 bridgehead atoms. The van der Waals surface area contributed by atoms with Crippen molar-refractivity contribution in [1.82, 2.24) is 9.55 Å². The van der Waals surface area contributed by atoms with Gasteiger partial charge in [0.2, 0.25) is 0 Å². The van der Waals surface area contributed by atoms with Crippen molar-refractivity contribution in [2.45, 2.75) is 13.5 Å². The van der Waals surface area contributed by atoms with Gasteiger partial charge in [-0.1, -0.05) is 0 Å². The number of aromatic nitrogens is 2. The molecule has 0 spiro atoms. The van der Waals surface area contributed by atoms with Crippen LogP contribution in [0.3, 0.4) is 0 Å². The van der Waals surface area contributed by atoms with Crippen molar-refractivity contribution in [3.63, 3.8) is 0 Å². The molecule has 1 aromatic heterocycles. The molecule has 0 amide bonds. The molecule has 0 aliphatic carbocycles. The highest BCUT2D eigenvalue weighted by molar-refractivity contribution is 5.35. The van der Waals surface area contributed by atoms with Crippen molar-refractivity contribution < 1.29 is 4.74 Å². The Bertz CT molecular complexity index is 391. The summed E-state index contributed by atoms with van der Waals surface area (Å²) in [7, 11) is 1.63. The molecule has 1 rings (SSSR count). The SMILES string of the molecule is CCn1ccnc(N(CCN)CCOC)c1=O. The topological polar surface area (TPSA) is 73.4 Å². The van der Waals surface area contributed by atoms with Gasteiger partial charge in [-0.15, -0.1) is 0 Å². The molecule has 0 fully saturated rings. The molecular weight excluding hydrogens is 220 g/mol. The van der Waals surface area contributed by atoms with Gasteiger partial charge in [-0.3, -0.25) is 4.79 Å². The Morgan fingerprint density at radius 1 is 1.53 bits per heavy atom. The van der Waals surface area contributed by atoms with Gasteiger partial charge < -0.3 is 19.9 Å². The van der Waals surface area contributed by atoms with E-state index in [9.17, 15) is 4.79 Å². The van der Waals surface area contributed by atoms with E-state index in [1.165, 1.54) is 0 Å². The van der Waals surface area contributed by atoms with E-state index in [0.717, 1.165) is 0 Å². The molecular formula is C11H20N4O2. The molecule has 2 N–H and O–H groups in total. The van der Waals surface area contributed by atoms with Gasteiger partial charge in [0.1, 0.15) is 0 Å². The summed E-state index contributed by atoms with van der Waals surface area (Å²) in [6.45, 7) is 4.79. The van der Waals surface area contributed by atoms with E-state index in [0.29, 0.717) is 38.6 Å². The third kappa shape index (κ3) is 3.54. The van der Waals surface area contributed by atoms with Crippen LogP contribution in [0.4, 0.5) is 5.82 Å². The first-order valence-corrected chi connectivity index (χ1v) is 5.74. The fraction of sp³-hybridized carbons (Fsp3) is 0.636. The maximum absolute atomic E-state index is 12.1. The van der Waals surface area contributed by atoms with Crippen LogP contribution in [0.5, 0.6) is 0 Å². The van der Waals surface area contributed by atoms with Gasteiger partial charge in [-0.2, -0.15) is 0 Å². The molecule has 96 valence electrons. The summed E-state index contributed by atoms with van der Waals surface area (Å²) in [6.07, 6.45) is 3.32. The summed E-state index contributed by atoms with van der Waals surface area (Å²) >= 11 is 0. The summed E-state index contributed by atoms with van der Waals surface area (Å²) < 4.78 is 6.64. The molecule has 17 heavy (non-hydrogen) atoms. The van der Waals surface area contributed by atoms with Crippen molar-refractivity contribution in [2.24, 2.45) is 5.73 Å². The molecule has 1 heterocycles. The minimum atomic E-state index is -0.0837. The lowest BCUT2D eigenvalue weighted by molar-refractivity contribution is 0.205. The zero-order valence-corrected chi connectivity index (χ0v) is 10.4. The van der Waals surface area contributed by atoms with E-state index in [2.05, 4.69) is 4.98 Å². The Kier molecular flexibility index (Phi) is 5.65. The number of methoxy groups -OCH3 is 1. The molecule has 0 radical (unpaired) electrons. The second-order valence-electron chi connectivity index (χ2n) is 3.61. The number of nitrogens with zero attached hydrogens (tertiary/aromatic N) is 3. The van der Waals surface area contributed by atoms with Crippen LogP contribution >= 0.6 is 0 Å². The third-order valence-electron chi connectivity index (χ3n) is 2.50. The number of ether oxygens (including phenoxy) is 1. The second-order valence-corrected chi connectivity index (χ2v) is 3.61. The normalized spacial score (nSPS) is 10.5. The Labute approximate surface area is 101 Å². The van der Waals surface area contributed by atoms with E-state index < -0.39 is 0 Å². The molecule has 0 atom stereocenters. The Morgan fingerprint density at radius 3 is 2.88 bits per heavy atom. The molecule has 6 nitrogen and oxygen atoms in total. The van der Waals surface area contributed by atoms with Gasteiger partial charge in [-0.05, 0) is 6.92 Å². The van der Waals surface area contributed by atoms with E-state index in [1.54, 1.807) is 24.1 Å². The van der Waals surface area contributed by atoms with Crippen LogP contribution in [0.15, 0.2) is 17.2 Å². The highest BCUT2D eigenvalue weighted by atomic mass is 16.5. The van der Waals surface area contributed by atoms with Crippen molar-refractivity contribution in [3.05, 3.63) is 22.7 Å². The average molecular weight is 240 g/mol. The largest absolute Gasteiger partial charge is 0.383 e. The number of aryl methyl sites for hydroxylation is 1. The predicted molar refractivity (Wildman–Crippen MR) is 67.3 cm³/mol. The summed E-state index contributed by atoms with van der Waals surface area (Å²) in [5.41, 5.74) is 5.46. The van der Waals surface area contributed by atoms with Crippen molar-refractivity contribution >= 4 is 5.82 Å². The van der Waals surface area contributed by atoms with Gasteiger partial charge in [0.05, 0.1) is 6.61 Å². The fourth-order valence-corrected chi connectivity index (χ4v) is 1.58. The van der Waals surface area contributed by atoms with Crippen LogP contribution in [-0.4, -0.2) is 42.9 Å². The van der Waals surface area contributed by atoms with Crippen LogP contribution in [0.2, 0.25) is 0 Å². The summed E-state index contributed by atoms with van der Waals surface area (Å²) in [6, 6.07) is 0. The molecule has 0 saturated carbocycles. The van der Waals surface area contributed by atoms with Gasteiger partial charge in [-0.25, -0.2) is 4.98 Å². The quantitative estimate of drug-likeness (QED) is 0.707. The monoisotopic (exact) mass is 240 g/mol. The lowest BCUT2D eigenvalue weighted by atomic mass is 10.4. The zero-order valence-electron chi connectivity index (χ0n) is 10.4. The van der Waals surface area contributed by atoms with Gasteiger partial charge in [0.25, 0.3) is 5.56 Å². The number of nitrogens with two attached hydrogens (primary N) is 1. The van der Waals surface area contributed by atoms with Crippen molar-refractivity contribution in [2.75, 3.05) is 38.3 Å². The van der Waals surface area contributed by atoms with Crippen molar-refractivity contribution in [1.29, 1.82) is 0 Å². The molecule has 0 aliphatic heterocycles. The van der Waals surface area contributed by atoms with Crippen LogP contribution in [-0.2, 0) is 11.3 Å². The lowest BCUT2D eigenvalue weighted by Gasteiger charge is -2.22. The Morgan fingerprint density at radius 2 is 2.29 bits per heavy atom. The molecule has 0 aromatic carbocycles. The van der Waals surface area contributed by atoms with E-state index in [1.807, 2.05) is 11.8 Å². The number of hydrogen-bond donors (Lipinski definition) is 1. The molecule has 1 aromatic rings. The highest BCUT2D eigenvalue weighted by Gasteiger charge is 2.12. The standard InChI is InChI=1S/C11H20N4O2/c1-3-14-7-5-13-10(11(14)16)15(6-4-12)8-9-17-2/h5,7H,3-4,6,8-9,12H2,1-2H3. The summed E-state index contributed by atoms with van der Waals surface area (Å²) in [4.78, 5) is 18.1. The first-order valence-electron chi connectivity index (χ1n) is 5.74. The fourth-order valence-electron chi connectivity index (χ4n) is 1.58. The first kappa shape index (κ1) is 13.7. The number of rotatable bonds is 7. The van der Waals surface area contributed by atoms with Gasteiger partial charge in [0, 0.05) is 45.7 Å². The average Bonchev–Trinajstić information content (AvgIpc) is 2.35. The van der Waals surface area contributed by atoms with Crippen LogP contribution in [0.1, 0.15) is 6.92 Å². The summed E-state index contributed by atoms with van der Waals surface area (Å²) in [5.74, 6) is 0.442. The molecule has 0 aliphatic rings. The maximum atomic E-state index is 12.1. The first-order chi connectivity index (χ1) is 8.24. The van der Waals surface area contributed by atoms with Crippen molar-refractivity contribution in [3.8, 4) is 0 Å². The minimum absolute atomic E-state index is 0.0837. The zero-order chi connectivity index (χ0) is 12.7. The third-order valence-corrected chi connectivity index (χ3v) is 2.50. The molecule has 0 saturated heterocycles. The van der Waals surface area contributed by atoms with Gasteiger partial charge in [0.15, 0.2) is 5.82 Å². The van der Waals surface area contributed by atoms with E-state index >= 15 is 0 Å². The molecule has 6 heteroatoms. The van der Waals surface area contributed by atoms with Gasteiger partial charge >= 0.3 is 0 Å². The van der Waals surface area contributed by atoms with Crippen LogP contribution in [0.25, 0.3) is 0 Å². The highest BCUT2D eigenvalue weighted by Crippen LogP contribution is 2.02. The molecule has 0 unspecified atom stereocenters. The van der Waals surface area contributed by atoms with E-state index in [-0.39, 0.29) is 5.56 Å². The Hall–Kier alpha value is -1.40. The maximum Gasteiger partial charge on any atom is 0.293 e.